The van der Waals surface area contributed by atoms with Crippen LogP contribution in [-0.4, -0.2) is 49.6 Å². The Morgan fingerprint density at radius 3 is 3.00 bits per heavy atom. The number of hydrogen-bond donors (Lipinski definition) is 2. The summed E-state index contributed by atoms with van der Waals surface area (Å²) in [6, 6.07) is 0.662. The highest BCUT2D eigenvalue weighted by atomic mass is 16.2. The van der Waals surface area contributed by atoms with Crippen LogP contribution >= 0.6 is 0 Å². The number of likely N-dealkylation sites (N-methyl/N-ethyl adjacent to an activating group) is 1. The second kappa shape index (κ2) is 5.83. The van der Waals surface area contributed by atoms with Gasteiger partial charge in [0, 0.05) is 32.7 Å². The van der Waals surface area contributed by atoms with Gasteiger partial charge in [-0.3, -0.25) is 9.69 Å². The van der Waals surface area contributed by atoms with Crippen molar-refractivity contribution in [3.8, 4) is 0 Å². The van der Waals surface area contributed by atoms with Crippen molar-refractivity contribution >= 4 is 5.91 Å². The third-order valence-corrected chi connectivity index (χ3v) is 4.40. The summed E-state index contributed by atoms with van der Waals surface area (Å²) < 4.78 is 0. The molecule has 0 aromatic rings. The molecule has 1 aliphatic carbocycles. The summed E-state index contributed by atoms with van der Waals surface area (Å²) in [5.41, 5.74) is 0. The van der Waals surface area contributed by atoms with Crippen LogP contribution in [0.2, 0.25) is 0 Å². The Labute approximate surface area is 104 Å². The van der Waals surface area contributed by atoms with Crippen molar-refractivity contribution in [1.82, 2.24) is 15.5 Å². The third-order valence-electron chi connectivity index (χ3n) is 4.40. The summed E-state index contributed by atoms with van der Waals surface area (Å²) in [7, 11) is 1.74. The fourth-order valence-corrected chi connectivity index (χ4v) is 3.46. The Morgan fingerprint density at radius 2 is 2.29 bits per heavy atom. The van der Waals surface area contributed by atoms with Gasteiger partial charge < -0.3 is 10.6 Å². The van der Waals surface area contributed by atoms with E-state index in [-0.39, 0.29) is 11.9 Å². The molecule has 0 radical (unpaired) electrons. The normalized spacial score (nSPS) is 34.8. The maximum atomic E-state index is 11.9. The summed E-state index contributed by atoms with van der Waals surface area (Å²) >= 11 is 0. The molecule has 98 valence electrons. The molecule has 17 heavy (non-hydrogen) atoms. The van der Waals surface area contributed by atoms with E-state index in [2.05, 4.69) is 22.5 Å². The van der Waals surface area contributed by atoms with Gasteiger partial charge in [-0.25, -0.2) is 0 Å². The Hall–Kier alpha value is -0.610. The quantitative estimate of drug-likeness (QED) is 0.757. The highest BCUT2D eigenvalue weighted by Gasteiger charge is 2.38. The number of hydrogen-bond acceptors (Lipinski definition) is 3. The van der Waals surface area contributed by atoms with E-state index < -0.39 is 0 Å². The average molecular weight is 239 g/mol. The van der Waals surface area contributed by atoms with E-state index in [1.807, 2.05) is 0 Å². The molecule has 0 aromatic heterocycles. The Morgan fingerprint density at radius 1 is 1.47 bits per heavy atom. The lowest BCUT2D eigenvalue weighted by molar-refractivity contribution is -0.128. The van der Waals surface area contributed by atoms with Crippen LogP contribution in [0.3, 0.4) is 0 Å². The molecule has 0 aromatic carbocycles. The maximum Gasteiger partial charge on any atom is 0.238 e. The molecule has 1 saturated heterocycles. The van der Waals surface area contributed by atoms with Gasteiger partial charge in [-0.2, -0.15) is 0 Å². The first-order valence-electron chi connectivity index (χ1n) is 6.96. The largest absolute Gasteiger partial charge is 0.358 e. The predicted molar refractivity (Wildman–Crippen MR) is 68.9 cm³/mol. The van der Waals surface area contributed by atoms with Gasteiger partial charge in [0.15, 0.2) is 0 Å². The topological polar surface area (TPSA) is 44.4 Å². The van der Waals surface area contributed by atoms with Gasteiger partial charge in [0.1, 0.15) is 6.04 Å². The van der Waals surface area contributed by atoms with Crippen molar-refractivity contribution in [2.45, 2.75) is 44.7 Å². The average Bonchev–Trinajstić information content (AvgIpc) is 2.86. The van der Waals surface area contributed by atoms with Gasteiger partial charge in [0.2, 0.25) is 5.91 Å². The Balaban J connectivity index is 2.07. The van der Waals surface area contributed by atoms with Gasteiger partial charge in [0.25, 0.3) is 0 Å². The van der Waals surface area contributed by atoms with Crippen LogP contribution in [-0.2, 0) is 4.79 Å². The number of nitrogens with one attached hydrogen (secondary N) is 2. The minimum atomic E-state index is 0.0332. The van der Waals surface area contributed by atoms with E-state index in [9.17, 15) is 4.79 Å². The van der Waals surface area contributed by atoms with Crippen LogP contribution in [0, 0.1) is 5.92 Å². The molecule has 4 heteroatoms. The molecule has 1 aliphatic heterocycles. The molecular weight excluding hydrogens is 214 g/mol. The number of amides is 1. The molecule has 2 aliphatic rings. The second-order valence-corrected chi connectivity index (χ2v) is 5.24. The number of nitrogens with zero attached hydrogens (tertiary/aromatic N) is 1. The zero-order chi connectivity index (χ0) is 12.3. The van der Waals surface area contributed by atoms with Crippen LogP contribution in [0.4, 0.5) is 0 Å². The molecule has 2 fully saturated rings. The van der Waals surface area contributed by atoms with Crippen LogP contribution in [0.5, 0.6) is 0 Å². The fourth-order valence-electron chi connectivity index (χ4n) is 3.46. The minimum Gasteiger partial charge on any atom is -0.358 e. The van der Waals surface area contributed by atoms with Crippen molar-refractivity contribution in [3.63, 3.8) is 0 Å². The van der Waals surface area contributed by atoms with Crippen LogP contribution in [0.15, 0.2) is 0 Å². The number of piperazine rings is 1. The fraction of sp³-hybridized carbons (Fsp3) is 0.923. The van der Waals surface area contributed by atoms with Crippen molar-refractivity contribution < 1.29 is 4.79 Å². The van der Waals surface area contributed by atoms with Crippen molar-refractivity contribution in [1.29, 1.82) is 0 Å². The Kier molecular flexibility index (Phi) is 4.40. The lowest BCUT2D eigenvalue weighted by Crippen LogP contribution is -2.60. The number of carbonyl (C=O) groups excluding carboxylic acids is 1. The molecule has 4 nitrogen and oxygen atoms in total. The smallest absolute Gasteiger partial charge is 0.238 e. The first-order valence-corrected chi connectivity index (χ1v) is 6.96. The molecule has 0 spiro atoms. The van der Waals surface area contributed by atoms with Gasteiger partial charge in [-0.15, -0.1) is 0 Å². The van der Waals surface area contributed by atoms with Crippen LogP contribution in [0.25, 0.3) is 0 Å². The maximum absolute atomic E-state index is 11.9. The summed E-state index contributed by atoms with van der Waals surface area (Å²) in [6.45, 7) is 5.10. The van der Waals surface area contributed by atoms with Gasteiger partial charge >= 0.3 is 0 Å². The molecule has 2 rings (SSSR count). The lowest BCUT2D eigenvalue weighted by atomic mass is 9.96. The van der Waals surface area contributed by atoms with Gasteiger partial charge in [-0.1, -0.05) is 19.8 Å². The summed E-state index contributed by atoms with van der Waals surface area (Å²) in [5.74, 6) is 0.958. The highest BCUT2D eigenvalue weighted by molar-refractivity contribution is 5.81. The van der Waals surface area contributed by atoms with E-state index >= 15 is 0 Å². The molecule has 3 atom stereocenters. The Bertz CT molecular complexity index is 269. The van der Waals surface area contributed by atoms with E-state index in [0.717, 1.165) is 25.6 Å². The van der Waals surface area contributed by atoms with Crippen molar-refractivity contribution in [3.05, 3.63) is 0 Å². The summed E-state index contributed by atoms with van der Waals surface area (Å²) in [6.07, 6.45) is 5.18. The number of carbonyl (C=O) groups is 1. The van der Waals surface area contributed by atoms with E-state index in [4.69, 9.17) is 0 Å². The number of rotatable bonds is 3. The zero-order valence-corrected chi connectivity index (χ0v) is 11.0. The first kappa shape index (κ1) is 12.8. The van der Waals surface area contributed by atoms with Crippen LogP contribution in [0.1, 0.15) is 32.6 Å². The molecule has 3 unspecified atom stereocenters. The van der Waals surface area contributed by atoms with Gasteiger partial charge in [-0.05, 0) is 18.8 Å². The molecule has 2 N–H and O–H groups in total. The molecule has 1 saturated carbocycles. The highest BCUT2D eigenvalue weighted by Crippen LogP contribution is 2.33. The molecule has 1 amide bonds. The van der Waals surface area contributed by atoms with E-state index in [0.29, 0.717) is 6.04 Å². The van der Waals surface area contributed by atoms with E-state index in [1.54, 1.807) is 7.05 Å². The zero-order valence-electron chi connectivity index (χ0n) is 11.0. The standard InChI is InChI=1S/C13H25N3O/c1-3-10-5-4-6-11(10)16-8-7-15-9-12(16)13(17)14-2/h10-12,15H,3-9H2,1-2H3,(H,14,17). The SMILES string of the molecule is CCC1CCCC1N1CCNCC1C(=O)NC. The first-order chi connectivity index (χ1) is 8.27. The monoisotopic (exact) mass is 239 g/mol. The predicted octanol–water partition coefficient (Wildman–Crippen LogP) is 0.585. The summed E-state index contributed by atoms with van der Waals surface area (Å²) in [4.78, 5) is 14.4. The molecule has 0 bridgehead atoms. The van der Waals surface area contributed by atoms with Gasteiger partial charge in [0.05, 0.1) is 0 Å². The lowest BCUT2D eigenvalue weighted by Gasteiger charge is -2.41. The molecular formula is C13H25N3O. The van der Waals surface area contributed by atoms with E-state index in [1.165, 1.54) is 25.7 Å². The minimum absolute atomic E-state index is 0.0332. The van der Waals surface area contributed by atoms with Crippen molar-refractivity contribution in [2.24, 2.45) is 5.92 Å². The van der Waals surface area contributed by atoms with Crippen molar-refractivity contribution in [2.75, 3.05) is 26.7 Å². The second-order valence-electron chi connectivity index (χ2n) is 5.24. The third kappa shape index (κ3) is 2.63. The van der Waals surface area contributed by atoms with Crippen LogP contribution < -0.4 is 10.6 Å². The molecule has 1 heterocycles. The summed E-state index contributed by atoms with van der Waals surface area (Å²) in [5, 5.41) is 6.13.